The number of carbonyl (C=O) groups excluding carboxylic acids is 1. The van der Waals surface area contributed by atoms with Gasteiger partial charge in [-0.05, 0) is 56.9 Å². The molecule has 0 saturated heterocycles. The third-order valence-electron chi connectivity index (χ3n) is 5.03. The molecule has 0 heterocycles. The van der Waals surface area contributed by atoms with Crippen molar-refractivity contribution in [1.29, 1.82) is 0 Å². The predicted octanol–water partition coefficient (Wildman–Crippen LogP) is 3.00. The van der Waals surface area contributed by atoms with Crippen molar-refractivity contribution < 1.29 is 22.3 Å². The number of hydrogen-bond donors (Lipinski definition) is 2. The van der Waals surface area contributed by atoms with E-state index < -0.39 is 32.9 Å². The molecular weight excluding hydrogens is 335 g/mol. The summed E-state index contributed by atoms with van der Waals surface area (Å²) < 4.78 is 45.2. The number of halogens is 1. The first-order valence-electron chi connectivity index (χ1n) is 7.80. The van der Waals surface area contributed by atoms with Crippen LogP contribution >= 0.6 is 0 Å². The lowest BCUT2D eigenvalue weighted by Crippen LogP contribution is -2.45. The smallest absolute Gasteiger partial charge is 0.405 e. The van der Waals surface area contributed by atoms with Gasteiger partial charge in [-0.15, -0.1) is 0 Å². The van der Waals surface area contributed by atoms with Gasteiger partial charge in [0.2, 0.25) is 10.0 Å². The summed E-state index contributed by atoms with van der Waals surface area (Å²) in [5.41, 5.74) is 4.22. The highest BCUT2D eigenvalue weighted by molar-refractivity contribution is 7.92. The number of anilines is 1. The highest BCUT2D eigenvalue weighted by Crippen LogP contribution is 2.50. The summed E-state index contributed by atoms with van der Waals surface area (Å²) in [6, 6.07) is 5.11. The van der Waals surface area contributed by atoms with Gasteiger partial charge in [-0.2, -0.15) is 0 Å². The summed E-state index contributed by atoms with van der Waals surface area (Å²) in [6.45, 7) is 3.71. The van der Waals surface area contributed by atoms with E-state index in [0.717, 1.165) is 12.8 Å². The molecule has 1 aromatic rings. The van der Waals surface area contributed by atoms with E-state index in [9.17, 15) is 17.6 Å². The molecule has 0 radical (unpaired) electrons. The van der Waals surface area contributed by atoms with Crippen LogP contribution in [0.15, 0.2) is 24.3 Å². The predicted molar refractivity (Wildman–Crippen MR) is 89.5 cm³/mol. The van der Waals surface area contributed by atoms with Crippen LogP contribution in [0, 0.1) is 11.2 Å². The Morgan fingerprint density at radius 1 is 1.29 bits per heavy atom. The lowest BCUT2D eigenvalue weighted by Gasteiger charge is -2.40. The number of hydrogen-bond acceptors (Lipinski definition) is 4. The fourth-order valence-electron chi connectivity index (χ4n) is 3.28. The number of benzene rings is 1. The topological polar surface area (TPSA) is 98.5 Å². The van der Waals surface area contributed by atoms with Crippen molar-refractivity contribution in [3.05, 3.63) is 30.1 Å². The fraction of sp³-hybridized carbons (Fsp3) is 0.562. The Morgan fingerprint density at radius 3 is 2.50 bits per heavy atom. The average molecular weight is 358 g/mol. The van der Waals surface area contributed by atoms with Crippen LogP contribution in [0.4, 0.5) is 14.9 Å². The number of nitrogens with two attached hydrogens (primary N) is 1. The molecule has 0 spiro atoms. The van der Waals surface area contributed by atoms with Crippen molar-refractivity contribution in [3.63, 3.8) is 0 Å². The minimum absolute atomic E-state index is 0.126. The highest BCUT2D eigenvalue weighted by Gasteiger charge is 2.51. The Kier molecular flexibility index (Phi) is 5.08. The largest absolute Gasteiger partial charge is 0.443 e. The first kappa shape index (κ1) is 18.5. The molecule has 6 nitrogen and oxygen atoms in total. The van der Waals surface area contributed by atoms with Crippen LogP contribution in [0.1, 0.15) is 39.5 Å². The van der Waals surface area contributed by atoms with Gasteiger partial charge in [0.05, 0.1) is 5.75 Å². The van der Waals surface area contributed by atoms with Gasteiger partial charge in [0.15, 0.2) is 0 Å². The Morgan fingerprint density at radius 2 is 1.92 bits per heavy atom. The third-order valence-corrected chi connectivity index (χ3v) is 6.31. The van der Waals surface area contributed by atoms with Gasteiger partial charge in [0, 0.05) is 11.1 Å². The van der Waals surface area contributed by atoms with Gasteiger partial charge in [-0.1, -0.05) is 6.92 Å². The van der Waals surface area contributed by atoms with Crippen LogP contribution in [-0.4, -0.2) is 25.9 Å². The first-order valence-corrected chi connectivity index (χ1v) is 9.45. The second-order valence-electron chi connectivity index (χ2n) is 6.74. The summed E-state index contributed by atoms with van der Waals surface area (Å²) in [6.07, 6.45) is 1.72. The second-order valence-corrected chi connectivity index (χ2v) is 8.59. The number of nitrogens with one attached hydrogen (secondary N) is 1. The molecule has 2 unspecified atom stereocenters. The van der Waals surface area contributed by atoms with Gasteiger partial charge >= 0.3 is 6.09 Å². The lowest BCUT2D eigenvalue weighted by molar-refractivity contribution is -0.0466. The van der Waals surface area contributed by atoms with E-state index in [1.54, 1.807) is 6.92 Å². The summed E-state index contributed by atoms with van der Waals surface area (Å²) in [5, 5.41) is 0. The van der Waals surface area contributed by atoms with E-state index in [0.29, 0.717) is 18.5 Å². The van der Waals surface area contributed by atoms with E-state index in [1.165, 1.54) is 24.3 Å². The van der Waals surface area contributed by atoms with Crippen LogP contribution < -0.4 is 10.5 Å². The maximum Gasteiger partial charge on any atom is 0.405 e. The number of sulfonamides is 1. The Balaban J connectivity index is 2.04. The van der Waals surface area contributed by atoms with Crippen molar-refractivity contribution >= 4 is 21.8 Å². The van der Waals surface area contributed by atoms with Crippen LogP contribution in [-0.2, 0) is 14.8 Å². The van der Waals surface area contributed by atoms with Crippen molar-refractivity contribution in [3.8, 4) is 0 Å². The molecule has 134 valence electrons. The zero-order valence-electron chi connectivity index (χ0n) is 13.8. The summed E-state index contributed by atoms with van der Waals surface area (Å²) >= 11 is 0. The second kappa shape index (κ2) is 6.58. The molecule has 1 aromatic carbocycles. The minimum Gasteiger partial charge on any atom is -0.443 e. The normalized spacial score (nSPS) is 27.0. The molecule has 24 heavy (non-hydrogen) atoms. The molecule has 0 aromatic heterocycles. The molecular formula is C16H23FN2O4S. The number of rotatable bonds is 6. The SMILES string of the molecule is CC1(CCS(=O)(=O)Nc2ccc(F)cc2)CCCC1(C)OC(N)=O. The molecule has 1 aliphatic rings. The van der Waals surface area contributed by atoms with E-state index in [2.05, 4.69) is 4.72 Å². The Bertz CT molecular complexity index is 707. The van der Waals surface area contributed by atoms with Crippen molar-refractivity contribution in [1.82, 2.24) is 0 Å². The standard InChI is InChI=1S/C16H23FN2O4S/c1-15(8-3-9-16(15,2)23-14(18)20)10-11-24(21,22)19-13-6-4-12(17)5-7-13/h4-7,19H,3,8-11H2,1-2H3,(H2,18,20). The summed E-state index contributed by atoms with van der Waals surface area (Å²) in [4.78, 5) is 11.2. The third kappa shape index (κ3) is 4.17. The molecule has 0 bridgehead atoms. The maximum absolute atomic E-state index is 12.9. The fourth-order valence-corrected chi connectivity index (χ4v) is 4.59. The van der Waals surface area contributed by atoms with Crippen LogP contribution in [0.5, 0.6) is 0 Å². The van der Waals surface area contributed by atoms with Crippen molar-refractivity contribution in [2.75, 3.05) is 10.5 Å². The molecule has 0 aliphatic heterocycles. The van der Waals surface area contributed by atoms with Gasteiger partial charge in [-0.25, -0.2) is 17.6 Å². The van der Waals surface area contributed by atoms with E-state index in [1.807, 2.05) is 6.92 Å². The van der Waals surface area contributed by atoms with Crippen molar-refractivity contribution in [2.24, 2.45) is 11.1 Å². The van der Waals surface area contributed by atoms with Crippen LogP contribution in [0.2, 0.25) is 0 Å². The van der Waals surface area contributed by atoms with Crippen molar-refractivity contribution in [2.45, 2.75) is 45.1 Å². The van der Waals surface area contributed by atoms with Gasteiger partial charge in [-0.3, -0.25) is 4.72 Å². The lowest BCUT2D eigenvalue weighted by atomic mass is 9.75. The first-order chi connectivity index (χ1) is 11.1. The Labute approximate surface area is 141 Å². The molecule has 1 amide bonds. The summed E-state index contributed by atoms with van der Waals surface area (Å²) in [5.74, 6) is -0.561. The molecule has 3 N–H and O–H groups in total. The number of carbonyl (C=O) groups is 1. The number of ether oxygens (including phenoxy) is 1. The van der Waals surface area contributed by atoms with Gasteiger partial charge < -0.3 is 10.5 Å². The number of primary amides is 1. The van der Waals surface area contributed by atoms with E-state index >= 15 is 0 Å². The quantitative estimate of drug-likeness (QED) is 0.816. The zero-order valence-corrected chi connectivity index (χ0v) is 14.7. The molecule has 1 aliphatic carbocycles. The highest BCUT2D eigenvalue weighted by atomic mass is 32.2. The molecule has 2 atom stereocenters. The van der Waals surface area contributed by atoms with E-state index in [4.69, 9.17) is 10.5 Å². The molecule has 2 rings (SSSR count). The van der Waals surface area contributed by atoms with Crippen LogP contribution in [0.25, 0.3) is 0 Å². The number of amides is 1. The van der Waals surface area contributed by atoms with Gasteiger partial charge in [0.25, 0.3) is 0 Å². The minimum atomic E-state index is -3.60. The summed E-state index contributed by atoms with van der Waals surface area (Å²) in [7, 11) is -3.60. The van der Waals surface area contributed by atoms with Gasteiger partial charge in [0.1, 0.15) is 11.4 Å². The molecule has 8 heteroatoms. The maximum atomic E-state index is 12.9. The Hall–Kier alpha value is -1.83. The van der Waals surface area contributed by atoms with E-state index in [-0.39, 0.29) is 5.75 Å². The average Bonchev–Trinajstić information content (AvgIpc) is 2.74. The molecule has 1 saturated carbocycles. The molecule has 1 fully saturated rings. The zero-order chi connectivity index (χ0) is 18.0. The monoisotopic (exact) mass is 358 g/mol. The van der Waals surface area contributed by atoms with Crippen LogP contribution in [0.3, 0.4) is 0 Å².